The first-order chi connectivity index (χ1) is 12.0. The average molecular weight is 348 g/mol. The Balaban J connectivity index is 1.65. The van der Waals surface area contributed by atoms with E-state index in [0.717, 1.165) is 56.9 Å². The summed E-state index contributed by atoms with van der Waals surface area (Å²) in [6.45, 7) is 7.91. The molecular formula is C19H32N4O2. The molecule has 1 amide bonds. The zero-order valence-corrected chi connectivity index (χ0v) is 16.0. The molecule has 0 aromatic carbocycles. The van der Waals surface area contributed by atoms with Crippen LogP contribution in [0, 0.1) is 12.3 Å². The monoisotopic (exact) mass is 348 g/mol. The number of nitrogens with zero attached hydrogens (tertiary/aromatic N) is 4. The van der Waals surface area contributed by atoms with Crippen LogP contribution in [0.25, 0.3) is 0 Å². The van der Waals surface area contributed by atoms with Gasteiger partial charge in [-0.1, -0.05) is 0 Å². The number of amides is 1. The van der Waals surface area contributed by atoms with E-state index in [-0.39, 0.29) is 11.3 Å². The van der Waals surface area contributed by atoms with Crippen LogP contribution in [0.1, 0.15) is 48.2 Å². The number of likely N-dealkylation sites (tertiary alicyclic amines) is 2. The molecule has 140 valence electrons. The molecule has 1 aromatic heterocycles. The summed E-state index contributed by atoms with van der Waals surface area (Å²) >= 11 is 0. The molecule has 0 bridgehead atoms. The predicted molar refractivity (Wildman–Crippen MR) is 97.7 cm³/mol. The average Bonchev–Trinajstić information content (AvgIpc) is 2.93. The van der Waals surface area contributed by atoms with Crippen LogP contribution in [0.15, 0.2) is 6.20 Å². The van der Waals surface area contributed by atoms with Gasteiger partial charge in [-0.3, -0.25) is 9.48 Å². The Morgan fingerprint density at radius 3 is 2.72 bits per heavy atom. The van der Waals surface area contributed by atoms with Crippen LogP contribution < -0.4 is 0 Å². The number of methoxy groups -OCH3 is 1. The Bertz CT molecular complexity index is 596. The number of ether oxygens (including phenoxy) is 1. The van der Waals surface area contributed by atoms with Gasteiger partial charge in [0.2, 0.25) is 0 Å². The van der Waals surface area contributed by atoms with Gasteiger partial charge >= 0.3 is 0 Å². The number of hydrogen-bond donors (Lipinski definition) is 0. The second-order valence-electron chi connectivity index (χ2n) is 7.86. The van der Waals surface area contributed by atoms with Crippen LogP contribution in [0.5, 0.6) is 0 Å². The van der Waals surface area contributed by atoms with Crippen molar-refractivity contribution >= 4 is 5.91 Å². The van der Waals surface area contributed by atoms with Crippen molar-refractivity contribution in [3.05, 3.63) is 17.5 Å². The number of carbonyl (C=O) groups excluding carboxylic acids is 1. The third kappa shape index (κ3) is 4.23. The van der Waals surface area contributed by atoms with E-state index in [1.54, 1.807) is 11.8 Å². The number of hydrogen-bond acceptors (Lipinski definition) is 4. The van der Waals surface area contributed by atoms with E-state index in [1.807, 2.05) is 20.2 Å². The highest BCUT2D eigenvalue weighted by atomic mass is 16.5. The van der Waals surface area contributed by atoms with Crippen molar-refractivity contribution < 1.29 is 9.53 Å². The van der Waals surface area contributed by atoms with E-state index in [4.69, 9.17) is 4.74 Å². The topological polar surface area (TPSA) is 50.6 Å². The summed E-state index contributed by atoms with van der Waals surface area (Å²) in [4.78, 5) is 17.6. The first kappa shape index (κ1) is 18.4. The molecule has 1 aromatic rings. The van der Waals surface area contributed by atoms with E-state index in [1.165, 1.54) is 25.8 Å². The molecule has 6 nitrogen and oxygen atoms in total. The number of rotatable bonds is 5. The lowest BCUT2D eigenvalue weighted by molar-refractivity contribution is 0.0117. The lowest BCUT2D eigenvalue weighted by Crippen LogP contribution is -2.53. The van der Waals surface area contributed by atoms with E-state index in [2.05, 4.69) is 14.9 Å². The second-order valence-corrected chi connectivity index (χ2v) is 7.86. The van der Waals surface area contributed by atoms with Crippen molar-refractivity contribution in [1.29, 1.82) is 0 Å². The zero-order chi connectivity index (χ0) is 17.9. The van der Waals surface area contributed by atoms with Crippen LogP contribution in [-0.4, -0.2) is 71.9 Å². The zero-order valence-electron chi connectivity index (χ0n) is 16.0. The van der Waals surface area contributed by atoms with Crippen LogP contribution in [-0.2, 0) is 11.8 Å². The largest absolute Gasteiger partial charge is 0.385 e. The predicted octanol–water partition coefficient (Wildman–Crippen LogP) is 2.08. The third-order valence-electron chi connectivity index (χ3n) is 5.76. The maximum absolute atomic E-state index is 13.0. The van der Waals surface area contributed by atoms with Gasteiger partial charge in [-0.05, 0) is 45.6 Å². The minimum atomic E-state index is 0.154. The second kappa shape index (κ2) is 7.87. The SMILES string of the molecule is COCCCN1CCCC2(CCCN(C(=O)c3cn(C)nc3C)C2)C1. The summed E-state index contributed by atoms with van der Waals surface area (Å²) < 4.78 is 6.93. The van der Waals surface area contributed by atoms with E-state index < -0.39 is 0 Å². The fourth-order valence-electron chi connectivity index (χ4n) is 4.63. The van der Waals surface area contributed by atoms with E-state index in [0.29, 0.717) is 0 Å². The van der Waals surface area contributed by atoms with Crippen LogP contribution in [0.2, 0.25) is 0 Å². The van der Waals surface area contributed by atoms with Crippen molar-refractivity contribution in [3.63, 3.8) is 0 Å². The first-order valence-corrected chi connectivity index (χ1v) is 9.54. The Kier molecular flexibility index (Phi) is 5.79. The lowest BCUT2D eigenvalue weighted by Gasteiger charge is -2.48. The minimum Gasteiger partial charge on any atom is -0.385 e. The van der Waals surface area contributed by atoms with Crippen molar-refractivity contribution in [1.82, 2.24) is 19.6 Å². The number of aryl methyl sites for hydroxylation is 2. The van der Waals surface area contributed by atoms with Gasteiger partial charge in [0.1, 0.15) is 0 Å². The smallest absolute Gasteiger partial charge is 0.257 e. The molecule has 2 aliphatic heterocycles. The van der Waals surface area contributed by atoms with Crippen molar-refractivity contribution in [2.24, 2.45) is 12.5 Å². The Morgan fingerprint density at radius 1 is 1.28 bits per heavy atom. The molecule has 1 atom stereocenters. The van der Waals surface area contributed by atoms with Crippen LogP contribution in [0.3, 0.4) is 0 Å². The third-order valence-corrected chi connectivity index (χ3v) is 5.76. The first-order valence-electron chi connectivity index (χ1n) is 9.54. The number of piperidine rings is 2. The molecule has 1 spiro atoms. The minimum absolute atomic E-state index is 0.154. The molecule has 3 heterocycles. The maximum Gasteiger partial charge on any atom is 0.257 e. The van der Waals surface area contributed by atoms with Gasteiger partial charge < -0.3 is 14.5 Å². The molecule has 0 N–H and O–H groups in total. The fourth-order valence-corrected chi connectivity index (χ4v) is 4.63. The molecule has 0 radical (unpaired) electrons. The Labute approximate surface area is 151 Å². The van der Waals surface area contributed by atoms with Gasteiger partial charge in [0, 0.05) is 58.6 Å². The molecule has 0 saturated carbocycles. The summed E-state index contributed by atoms with van der Waals surface area (Å²) in [7, 11) is 3.64. The van der Waals surface area contributed by atoms with Crippen LogP contribution >= 0.6 is 0 Å². The summed E-state index contributed by atoms with van der Waals surface area (Å²) in [5.41, 5.74) is 1.86. The van der Waals surface area contributed by atoms with Crippen LogP contribution in [0.4, 0.5) is 0 Å². The summed E-state index contributed by atoms with van der Waals surface area (Å²) in [6, 6.07) is 0. The molecule has 2 aliphatic rings. The molecule has 3 rings (SSSR count). The van der Waals surface area contributed by atoms with Crippen molar-refractivity contribution in [2.45, 2.75) is 39.0 Å². The van der Waals surface area contributed by atoms with Gasteiger partial charge in [-0.15, -0.1) is 0 Å². The molecule has 2 fully saturated rings. The van der Waals surface area contributed by atoms with Gasteiger partial charge in [-0.2, -0.15) is 5.10 Å². The van der Waals surface area contributed by atoms with Gasteiger partial charge in [0.25, 0.3) is 5.91 Å². The molecule has 2 saturated heterocycles. The molecule has 25 heavy (non-hydrogen) atoms. The molecule has 6 heteroatoms. The Morgan fingerprint density at radius 2 is 2.04 bits per heavy atom. The maximum atomic E-state index is 13.0. The van der Waals surface area contributed by atoms with Gasteiger partial charge in [0.05, 0.1) is 11.3 Å². The number of carbonyl (C=O) groups is 1. The molecular weight excluding hydrogens is 316 g/mol. The highest BCUT2D eigenvalue weighted by Crippen LogP contribution is 2.39. The van der Waals surface area contributed by atoms with E-state index >= 15 is 0 Å². The lowest BCUT2D eigenvalue weighted by atomic mass is 9.73. The molecule has 1 unspecified atom stereocenters. The van der Waals surface area contributed by atoms with Gasteiger partial charge in [0.15, 0.2) is 0 Å². The summed E-state index contributed by atoms with van der Waals surface area (Å²) in [5.74, 6) is 0.154. The van der Waals surface area contributed by atoms with Gasteiger partial charge in [-0.25, -0.2) is 0 Å². The van der Waals surface area contributed by atoms with E-state index in [9.17, 15) is 4.79 Å². The fraction of sp³-hybridized carbons (Fsp3) is 0.789. The van der Waals surface area contributed by atoms with Crippen molar-refractivity contribution in [2.75, 3.05) is 46.4 Å². The highest BCUT2D eigenvalue weighted by molar-refractivity contribution is 5.95. The standard InChI is InChI=1S/C19H32N4O2/c1-16-17(13-21(2)20-16)18(24)23-11-5-8-19(15-23)7-4-9-22(14-19)10-6-12-25-3/h13H,4-12,14-15H2,1-3H3. The molecule has 0 aliphatic carbocycles. The Hall–Kier alpha value is -1.40. The normalized spacial score (nSPS) is 24.8. The summed E-state index contributed by atoms with van der Waals surface area (Å²) in [5, 5.41) is 4.33. The summed E-state index contributed by atoms with van der Waals surface area (Å²) in [6.07, 6.45) is 7.77. The van der Waals surface area contributed by atoms with Crippen molar-refractivity contribution in [3.8, 4) is 0 Å². The quantitative estimate of drug-likeness (QED) is 0.765. The number of aromatic nitrogens is 2. The highest BCUT2D eigenvalue weighted by Gasteiger charge is 2.40.